The molecule has 1 amide bonds. The van der Waals surface area contributed by atoms with Crippen molar-refractivity contribution in [2.45, 2.75) is 32.5 Å². The fraction of sp³-hybridized carbons (Fsp3) is 0.278. The quantitative estimate of drug-likeness (QED) is 0.850. The third kappa shape index (κ3) is 4.98. The van der Waals surface area contributed by atoms with Gasteiger partial charge in [-0.15, -0.1) is 0 Å². The Bertz CT molecular complexity index is 680. The second-order valence-electron chi connectivity index (χ2n) is 6.17. The van der Waals surface area contributed by atoms with Crippen molar-refractivity contribution in [1.82, 2.24) is 0 Å². The number of amides is 1. The summed E-state index contributed by atoms with van der Waals surface area (Å²) in [5.74, 6) is 0. The zero-order valence-corrected chi connectivity index (χ0v) is 14.1. The van der Waals surface area contributed by atoms with Gasteiger partial charge in [0.05, 0.1) is 5.69 Å². The third-order valence-corrected chi connectivity index (χ3v) is 3.29. The van der Waals surface area contributed by atoms with Crippen molar-refractivity contribution in [2.24, 2.45) is 0 Å². The zero-order valence-electron chi connectivity index (χ0n) is 13.3. The molecule has 0 aliphatic rings. The summed E-state index contributed by atoms with van der Waals surface area (Å²) in [5.41, 5.74) is 1.07. The molecule has 5 heteroatoms. The molecule has 0 saturated carbocycles. The molecule has 0 saturated heterocycles. The van der Waals surface area contributed by atoms with Crippen LogP contribution in [-0.4, -0.2) is 16.8 Å². The standard InChI is InChI=1S/C18H20ClNO3/c1-18(2,3)23-17(22)20-15-10-9-13(19)11-14(15)16(21)12-7-5-4-6-8-12/h4-11,16,21H,1-3H3,(H,20,22). The molecule has 23 heavy (non-hydrogen) atoms. The van der Waals surface area contributed by atoms with E-state index >= 15 is 0 Å². The molecule has 0 bridgehead atoms. The maximum absolute atomic E-state index is 12.0. The lowest BCUT2D eigenvalue weighted by molar-refractivity contribution is 0.0635. The number of hydrogen-bond acceptors (Lipinski definition) is 3. The summed E-state index contributed by atoms with van der Waals surface area (Å²) in [6, 6.07) is 14.1. The Kier molecular flexibility index (Phi) is 5.29. The average molecular weight is 334 g/mol. The van der Waals surface area contributed by atoms with E-state index in [1.807, 2.05) is 30.3 Å². The van der Waals surface area contributed by atoms with Gasteiger partial charge in [0.1, 0.15) is 11.7 Å². The molecule has 0 heterocycles. The summed E-state index contributed by atoms with van der Waals surface area (Å²) < 4.78 is 5.25. The van der Waals surface area contributed by atoms with E-state index in [0.29, 0.717) is 21.8 Å². The van der Waals surface area contributed by atoms with Crippen molar-refractivity contribution in [2.75, 3.05) is 5.32 Å². The van der Waals surface area contributed by atoms with Gasteiger partial charge in [-0.05, 0) is 44.5 Å². The topological polar surface area (TPSA) is 58.6 Å². The largest absolute Gasteiger partial charge is 0.444 e. The lowest BCUT2D eigenvalue weighted by Crippen LogP contribution is -2.27. The number of aliphatic hydroxyl groups is 1. The van der Waals surface area contributed by atoms with Crippen molar-refractivity contribution in [3.8, 4) is 0 Å². The van der Waals surface area contributed by atoms with Gasteiger partial charge in [-0.1, -0.05) is 41.9 Å². The van der Waals surface area contributed by atoms with Crippen LogP contribution in [-0.2, 0) is 4.74 Å². The van der Waals surface area contributed by atoms with Gasteiger partial charge >= 0.3 is 6.09 Å². The van der Waals surface area contributed by atoms with Gasteiger partial charge in [0.15, 0.2) is 0 Å². The fourth-order valence-corrected chi connectivity index (χ4v) is 2.28. The Morgan fingerprint density at radius 1 is 1.17 bits per heavy atom. The van der Waals surface area contributed by atoms with Gasteiger partial charge in [0.25, 0.3) is 0 Å². The highest BCUT2D eigenvalue weighted by atomic mass is 35.5. The van der Waals surface area contributed by atoms with Crippen molar-refractivity contribution >= 4 is 23.4 Å². The lowest BCUT2D eigenvalue weighted by atomic mass is 10.00. The van der Waals surface area contributed by atoms with Crippen LogP contribution < -0.4 is 5.32 Å². The van der Waals surface area contributed by atoms with Crippen LogP contribution in [0.15, 0.2) is 48.5 Å². The van der Waals surface area contributed by atoms with Crippen LogP contribution in [0.25, 0.3) is 0 Å². The maximum Gasteiger partial charge on any atom is 0.412 e. The third-order valence-electron chi connectivity index (χ3n) is 3.06. The lowest BCUT2D eigenvalue weighted by Gasteiger charge is -2.21. The minimum atomic E-state index is -0.903. The van der Waals surface area contributed by atoms with E-state index in [9.17, 15) is 9.90 Å². The molecule has 122 valence electrons. The molecule has 2 aromatic rings. The van der Waals surface area contributed by atoms with Crippen molar-refractivity contribution in [3.05, 3.63) is 64.7 Å². The highest BCUT2D eigenvalue weighted by Gasteiger charge is 2.20. The Hall–Kier alpha value is -2.04. The molecule has 0 aliphatic carbocycles. The number of anilines is 1. The normalized spacial score (nSPS) is 12.6. The summed E-state index contributed by atoms with van der Waals surface area (Å²) in [7, 11) is 0. The second kappa shape index (κ2) is 7.02. The smallest absolute Gasteiger partial charge is 0.412 e. The van der Waals surface area contributed by atoms with Gasteiger partial charge in [-0.25, -0.2) is 4.79 Å². The van der Waals surface area contributed by atoms with Crippen molar-refractivity contribution in [3.63, 3.8) is 0 Å². The number of rotatable bonds is 3. The fourth-order valence-electron chi connectivity index (χ4n) is 2.10. The van der Waals surface area contributed by atoms with E-state index in [1.54, 1.807) is 39.0 Å². The summed E-state index contributed by atoms with van der Waals surface area (Å²) in [4.78, 5) is 12.0. The van der Waals surface area contributed by atoms with E-state index in [1.165, 1.54) is 0 Å². The summed E-state index contributed by atoms with van der Waals surface area (Å²) in [5, 5.41) is 13.7. The van der Waals surface area contributed by atoms with Crippen LogP contribution in [0, 0.1) is 0 Å². The summed E-state index contributed by atoms with van der Waals surface area (Å²) >= 11 is 6.04. The maximum atomic E-state index is 12.0. The van der Waals surface area contributed by atoms with Crippen molar-refractivity contribution in [1.29, 1.82) is 0 Å². The molecule has 0 aromatic heterocycles. The molecule has 2 rings (SSSR count). The Balaban J connectivity index is 2.29. The number of halogens is 1. The Morgan fingerprint density at radius 3 is 2.43 bits per heavy atom. The number of aliphatic hydroxyl groups excluding tert-OH is 1. The molecule has 0 aliphatic heterocycles. The molecule has 4 nitrogen and oxygen atoms in total. The van der Waals surface area contributed by atoms with Gasteiger partial charge in [-0.3, -0.25) is 5.32 Å². The molecular weight excluding hydrogens is 314 g/mol. The number of carbonyl (C=O) groups is 1. The first-order chi connectivity index (χ1) is 10.8. The van der Waals surface area contributed by atoms with E-state index in [0.717, 1.165) is 0 Å². The summed E-state index contributed by atoms with van der Waals surface area (Å²) in [6.45, 7) is 5.36. The molecule has 1 atom stereocenters. The molecule has 1 unspecified atom stereocenters. The van der Waals surface area contributed by atoms with Gasteiger partial charge in [-0.2, -0.15) is 0 Å². The van der Waals surface area contributed by atoms with E-state index in [-0.39, 0.29) is 0 Å². The average Bonchev–Trinajstić information content (AvgIpc) is 2.47. The highest BCUT2D eigenvalue weighted by Crippen LogP contribution is 2.31. The molecule has 0 spiro atoms. The molecule has 2 N–H and O–H groups in total. The van der Waals surface area contributed by atoms with Crippen LogP contribution in [0.4, 0.5) is 10.5 Å². The first kappa shape index (κ1) is 17.3. The SMILES string of the molecule is CC(C)(C)OC(=O)Nc1ccc(Cl)cc1C(O)c1ccccc1. The monoisotopic (exact) mass is 333 g/mol. The van der Waals surface area contributed by atoms with E-state index in [4.69, 9.17) is 16.3 Å². The summed E-state index contributed by atoms with van der Waals surface area (Å²) in [6.07, 6.45) is -1.49. The minimum Gasteiger partial charge on any atom is -0.444 e. The van der Waals surface area contributed by atoms with E-state index < -0.39 is 17.8 Å². The molecule has 0 fully saturated rings. The van der Waals surface area contributed by atoms with Gasteiger partial charge in [0.2, 0.25) is 0 Å². The Labute approximate surface area is 141 Å². The van der Waals surface area contributed by atoms with Crippen molar-refractivity contribution < 1.29 is 14.6 Å². The molecular formula is C18H20ClNO3. The number of hydrogen-bond donors (Lipinski definition) is 2. The van der Waals surface area contributed by atoms with Crippen LogP contribution in [0.2, 0.25) is 5.02 Å². The second-order valence-corrected chi connectivity index (χ2v) is 6.61. The van der Waals surface area contributed by atoms with Gasteiger partial charge in [0, 0.05) is 10.6 Å². The molecule has 2 aromatic carbocycles. The number of ether oxygens (including phenoxy) is 1. The van der Waals surface area contributed by atoms with Crippen LogP contribution in [0.1, 0.15) is 38.0 Å². The Morgan fingerprint density at radius 2 is 1.83 bits per heavy atom. The predicted molar refractivity (Wildman–Crippen MR) is 91.8 cm³/mol. The highest BCUT2D eigenvalue weighted by molar-refractivity contribution is 6.30. The van der Waals surface area contributed by atoms with Crippen LogP contribution in [0.3, 0.4) is 0 Å². The number of carbonyl (C=O) groups excluding carboxylic acids is 1. The first-order valence-corrected chi connectivity index (χ1v) is 7.66. The zero-order chi connectivity index (χ0) is 17.0. The van der Waals surface area contributed by atoms with Crippen LogP contribution in [0.5, 0.6) is 0 Å². The number of benzene rings is 2. The van der Waals surface area contributed by atoms with Gasteiger partial charge < -0.3 is 9.84 Å². The molecule has 0 radical (unpaired) electrons. The predicted octanol–water partition coefficient (Wildman–Crippen LogP) is 4.77. The number of nitrogens with one attached hydrogen (secondary N) is 1. The first-order valence-electron chi connectivity index (χ1n) is 7.29. The van der Waals surface area contributed by atoms with E-state index in [2.05, 4.69) is 5.32 Å². The van der Waals surface area contributed by atoms with Crippen LogP contribution >= 0.6 is 11.6 Å². The minimum absolute atomic E-state index is 0.458.